The number of nitrogens with zero attached hydrogens (tertiary/aromatic N) is 5. The van der Waals surface area contributed by atoms with Gasteiger partial charge in [-0.3, -0.25) is 4.79 Å². The van der Waals surface area contributed by atoms with Crippen LogP contribution >= 0.6 is 0 Å². The first-order valence-corrected chi connectivity index (χ1v) is 10.0. The van der Waals surface area contributed by atoms with Crippen LogP contribution in [0.2, 0.25) is 0 Å². The van der Waals surface area contributed by atoms with E-state index in [0.29, 0.717) is 29.0 Å². The van der Waals surface area contributed by atoms with Gasteiger partial charge in [-0.25, -0.2) is 19.5 Å². The summed E-state index contributed by atoms with van der Waals surface area (Å²) in [5.74, 6) is 0.694. The van der Waals surface area contributed by atoms with Gasteiger partial charge in [0.15, 0.2) is 0 Å². The van der Waals surface area contributed by atoms with E-state index in [1.54, 1.807) is 31.9 Å². The summed E-state index contributed by atoms with van der Waals surface area (Å²) in [5, 5.41) is 0.479. The number of methoxy groups -OCH3 is 1. The predicted molar refractivity (Wildman–Crippen MR) is 123 cm³/mol. The molecule has 0 aliphatic carbocycles. The van der Waals surface area contributed by atoms with Gasteiger partial charge in [-0.05, 0) is 35.9 Å². The lowest BCUT2D eigenvalue weighted by Gasteiger charge is -2.12. The molecule has 0 atom stereocenters. The summed E-state index contributed by atoms with van der Waals surface area (Å²) in [6, 6.07) is 16.8. The zero-order valence-electron chi connectivity index (χ0n) is 17.3. The Morgan fingerprint density at radius 2 is 1.91 bits per heavy atom. The fraction of sp³-hybridized carbons (Fsp3) is 0.0833. The van der Waals surface area contributed by atoms with E-state index >= 15 is 0 Å². The number of pyridine rings is 1. The molecule has 0 unspecified atom stereocenters. The van der Waals surface area contributed by atoms with Crippen molar-refractivity contribution in [2.45, 2.75) is 6.54 Å². The Kier molecular flexibility index (Phi) is 4.87. The fourth-order valence-corrected chi connectivity index (χ4v) is 3.74. The molecule has 0 saturated carbocycles. The van der Waals surface area contributed by atoms with E-state index in [-0.39, 0.29) is 11.5 Å². The van der Waals surface area contributed by atoms with Crippen LogP contribution < -0.4 is 16.0 Å². The SMILES string of the molecule is COc1ncc(-c2ccc3nc(N)n(-c4ccccc4)c(=O)c3c2)cc1Cn1ccnc1. The monoisotopic (exact) mass is 424 g/mol. The molecule has 2 aromatic carbocycles. The molecule has 0 saturated heterocycles. The third-order valence-electron chi connectivity index (χ3n) is 5.27. The van der Waals surface area contributed by atoms with Crippen LogP contribution in [0.15, 0.2) is 84.3 Å². The quantitative estimate of drug-likeness (QED) is 0.465. The number of aromatic nitrogens is 5. The summed E-state index contributed by atoms with van der Waals surface area (Å²) >= 11 is 0. The summed E-state index contributed by atoms with van der Waals surface area (Å²) in [7, 11) is 1.59. The number of rotatable bonds is 5. The average Bonchev–Trinajstić information content (AvgIpc) is 3.33. The highest BCUT2D eigenvalue weighted by atomic mass is 16.5. The van der Waals surface area contributed by atoms with Gasteiger partial charge in [-0.15, -0.1) is 0 Å². The first-order chi connectivity index (χ1) is 15.6. The molecule has 158 valence electrons. The summed E-state index contributed by atoms with van der Waals surface area (Å²) in [5.41, 5.74) is 9.72. The van der Waals surface area contributed by atoms with Crippen LogP contribution in [0.1, 0.15) is 5.56 Å². The van der Waals surface area contributed by atoms with Crippen LogP contribution in [-0.4, -0.2) is 31.2 Å². The van der Waals surface area contributed by atoms with Gasteiger partial charge >= 0.3 is 0 Å². The Labute approximate surface area is 183 Å². The molecule has 0 fully saturated rings. The molecule has 8 heteroatoms. The van der Waals surface area contributed by atoms with Gasteiger partial charge in [-0.2, -0.15) is 0 Å². The van der Waals surface area contributed by atoms with Crippen LogP contribution in [-0.2, 0) is 6.54 Å². The molecule has 0 radical (unpaired) electrons. The Hall–Kier alpha value is -4.46. The minimum Gasteiger partial charge on any atom is -0.481 e. The van der Waals surface area contributed by atoms with E-state index in [4.69, 9.17) is 10.5 Å². The van der Waals surface area contributed by atoms with E-state index in [2.05, 4.69) is 15.0 Å². The highest BCUT2D eigenvalue weighted by Crippen LogP contribution is 2.27. The molecule has 0 spiro atoms. The van der Waals surface area contributed by atoms with Crippen LogP contribution in [0, 0.1) is 0 Å². The molecule has 0 amide bonds. The standard InChI is InChI=1S/C24H20N6O2/c1-32-22-18(14-29-10-9-26-15-29)11-17(13-27-22)16-7-8-21-20(12-16)23(31)30(24(25)28-21)19-5-3-2-4-6-19/h2-13,15H,14H2,1H3,(H2,25,28). The number of hydrogen-bond donors (Lipinski definition) is 1. The van der Waals surface area contributed by atoms with E-state index in [1.807, 2.05) is 59.3 Å². The maximum atomic E-state index is 13.3. The lowest BCUT2D eigenvalue weighted by molar-refractivity contribution is 0.391. The number of benzene rings is 2. The first-order valence-electron chi connectivity index (χ1n) is 10.0. The molecule has 0 aliphatic rings. The second-order valence-electron chi connectivity index (χ2n) is 7.31. The lowest BCUT2D eigenvalue weighted by atomic mass is 10.0. The van der Waals surface area contributed by atoms with E-state index in [1.165, 1.54) is 4.57 Å². The van der Waals surface area contributed by atoms with Crippen LogP contribution in [0.3, 0.4) is 0 Å². The van der Waals surface area contributed by atoms with Crippen molar-refractivity contribution in [1.29, 1.82) is 0 Å². The molecule has 32 heavy (non-hydrogen) atoms. The minimum absolute atomic E-state index is 0.148. The molecule has 2 N–H and O–H groups in total. The van der Waals surface area contributed by atoms with Crippen molar-refractivity contribution in [3.05, 3.63) is 95.4 Å². The molecule has 8 nitrogen and oxygen atoms in total. The molecule has 3 aromatic heterocycles. The van der Waals surface area contributed by atoms with Crippen molar-refractivity contribution in [2.75, 3.05) is 12.8 Å². The maximum Gasteiger partial charge on any atom is 0.267 e. The summed E-state index contributed by atoms with van der Waals surface area (Å²) in [6.07, 6.45) is 7.08. The smallest absolute Gasteiger partial charge is 0.267 e. The number of para-hydroxylation sites is 1. The Morgan fingerprint density at radius 1 is 1.06 bits per heavy atom. The van der Waals surface area contributed by atoms with E-state index < -0.39 is 0 Å². The Bertz CT molecular complexity index is 1460. The van der Waals surface area contributed by atoms with Gasteiger partial charge in [0.2, 0.25) is 11.8 Å². The number of anilines is 1. The van der Waals surface area contributed by atoms with Gasteiger partial charge in [-0.1, -0.05) is 24.3 Å². The summed E-state index contributed by atoms with van der Waals surface area (Å²) < 4.78 is 8.79. The van der Waals surface area contributed by atoms with Crippen LogP contribution in [0.5, 0.6) is 5.88 Å². The summed E-state index contributed by atoms with van der Waals surface area (Å²) in [6.45, 7) is 0.566. The number of nitrogens with two attached hydrogens (primary N) is 1. The maximum absolute atomic E-state index is 13.3. The first kappa shape index (κ1) is 19.5. The van der Waals surface area contributed by atoms with Crippen LogP contribution in [0.25, 0.3) is 27.7 Å². The van der Waals surface area contributed by atoms with E-state index in [0.717, 1.165) is 16.7 Å². The van der Waals surface area contributed by atoms with Crippen molar-refractivity contribution in [3.8, 4) is 22.7 Å². The average molecular weight is 424 g/mol. The molecule has 3 heterocycles. The minimum atomic E-state index is -0.222. The van der Waals surface area contributed by atoms with Crippen molar-refractivity contribution in [3.63, 3.8) is 0 Å². The molecular formula is C24H20N6O2. The summed E-state index contributed by atoms with van der Waals surface area (Å²) in [4.78, 5) is 26.3. The fourth-order valence-electron chi connectivity index (χ4n) is 3.74. The van der Waals surface area contributed by atoms with Gasteiger partial charge in [0, 0.05) is 29.7 Å². The third-order valence-corrected chi connectivity index (χ3v) is 5.27. The van der Waals surface area contributed by atoms with Crippen LogP contribution in [0.4, 0.5) is 5.95 Å². The van der Waals surface area contributed by atoms with Crippen molar-refractivity contribution in [2.24, 2.45) is 0 Å². The topological polar surface area (TPSA) is 101 Å². The zero-order chi connectivity index (χ0) is 22.1. The number of ether oxygens (including phenoxy) is 1. The number of nitrogen functional groups attached to an aromatic ring is 1. The van der Waals surface area contributed by atoms with Gasteiger partial charge < -0.3 is 15.0 Å². The lowest BCUT2D eigenvalue weighted by Crippen LogP contribution is -2.23. The highest BCUT2D eigenvalue weighted by Gasteiger charge is 2.13. The van der Waals surface area contributed by atoms with Crippen molar-refractivity contribution < 1.29 is 4.74 Å². The van der Waals surface area contributed by atoms with Gasteiger partial charge in [0.1, 0.15) is 0 Å². The van der Waals surface area contributed by atoms with E-state index in [9.17, 15) is 4.79 Å². The normalized spacial score (nSPS) is 11.0. The second kappa shape index (κ2) is 7.99. The highest BCUT2D eigenvalue weighted by molar-refractivity contribution is 5.85. The molecule has 0 bridgehead atoms. The number of imidazole rings is 1. The van der Waals surface area contributed by atoms with Gasteiger partial charge in [0.05, 0.1) is 36.6 Å². The van der Waals surface area contributed by atoms with Crippen molar-refractivity contribution >= 4 is 16.9 Å². The third kappa shape index (κ3) is 3.47. The Morgan fingerprint density at radius 3 is 2.66 bits per heavy atom. The molecular weight excluding hydrogens is 404 g/mol. The predicted octanol–water partition coefficient (Wildman–Crippen LogP) is 3.28. The number of fused-ring (bicyclic) bond motifs is 1. The van der Waals surface area contributed by atoms with Gasteiger partial charge in [0.25, 0.3) is 5.56 Å². The Balaban J connectivity index is 1.63. The zero-order valence-corrected chi connectivity index (χ0v) is 17.3. The molecule has 5 aromatic rings. The number of hydrogen-bond acceptors (Lipinski definition) is 6. The molecule has 5 rings (SSSR count). The second-order valence-corrected chi connectivity index (χ2v) is 7.31. The molecule has 0 aliphatic heterocycles. The van der Waals surface area contributed by atoms with Crippen molar-refractivity contribution in [1.82, 2.24) is 24.1 Å². The largest absolute Gasteiger partial charge is 0.481 e.